The zero-order chi connectivity index (χ0) is 23.7. The Balaban J connectivity index is 1.48. The molecule has 34 heavy (non-hydrogen) atoms. The molecule has 4 heterocycles. The fraction of sp³-hybridized carbons (Fsp3) is 0.577. The van der Waals surface area contributed by atoms with E-state index in [1.54, 1.807) is 6.33 Å². The molecule has 8 heteroatoms. The molecule has 1 saturated heterocycles. The van der Waals surface area contributed by atoms with Crippen LogP contribution in [0.2, 0.25) is 25.7 Å². The van der Waals surface area contributed by atoms with Crippen molar-refractivity contribution < 1.29 is 4.74 Å². The van der Waals surface area contributed by atoms with Crippen LogP contribution in [0.3, 0.4) is 0 Å². The van der Waals surface area contributed by atoms with Gasteiger partial charge in [0.1, 0.15) is 18.7 Å². The summed E-state index contributed by atoms with van der Waals surface area (Å²) in [5.41, 5.74) is 4.39. The number of likely N-dealkylation sites (N-methyl/N-ethyl adjacent to an activating group) is 1. The van der Waals surface area contributed by atoms with Gasteiger partial charge >= 0.3 is 0 Å². The van der Waals surface area contributed by atoms with Crippen molar-refractivity contribution in [3.8, 4) is 11.1 Å². The molecule has 2 fully saturated rings. The molecule has 5 rings (SSSR count). The summed E-state index contributed by atoms with van der Waals surface area (Å²) in [4.78, 5) is 18.6. The monoisotopic (exact) mass is 478 g/mol. The van der Waals surface area contributed by atoms with Crippen LogP contribution in [0.5, 0.6) is 0 Å². The first kappa shape index (κ1) is 23.4. The molecule has 182 valence electrons. The Morgan fingerprint density at radius 2 is 1.91 bits per heavy atom. The lowest BCUT2D eigenvalue weighted by Gasteiger charge is -2.39. The molecular weight excluding hydrogens is 440 g/mol. The third-order valence-electron chi connectivity index (χ3n) is 7.27. The maximum absolute atomic E-state index is 6.13. The molecule has 0 spiro atoms. The molecule has 0 radical (unpaired) electrons. The van der Waals surface area contributed by atoms with Crippen LogP contribution in [0.4, 0.5) is 5.69 Å². The fourth-order valence-electron chi connectivity index (χ4n) is 5.04. The second-order valence-electron chi connectivity index (χ2n) is 11.2. The minimum absolute atomic E-state index is 0.512. The second kappa shape index (κ2) is 9.75. The highest BCUT2D eigenvalue weighted by atomic mass is 28.3. The van der Waals surface area contributed by atoms with Crippen LogP contribution in [0.1, 0.15) is 25.7 Å². The van der Waals surface area contributed by atoms with Crippen molar-refractivity contribution in [1.82, 2.24) is 24.4 Å². The van der Waals surface area contributed by atoms with Crippen LogP contribution in [0.25, 0.3) is 22.2 Å². The predicted molar refractivity (Wildman–Crippen MR) is 141 cm³/mol. The molecule has 3 aromatic rings. The summed E-state index contributed by atoms with van der Waals surface area (Å²) in [6.45, 7) is 10.6. The quantitative estimate of drug-likeness (QED) is 0.323. The highest BCUT2D eigenvalue weighted by Gasteiger charge is 2.34. The minimum atomic E-state index is -1.12. The average Bonchev–Trinajstić information content (AvgIpc) is 3.62. The molecule has 0 aromatic carbocycles. The van der Waals surface area contributed by atoms with Crippen LogP contribution >= 0.6 is 0 Å². The van der Waals surface area contributed by atoms with Gasteiger partial charge in [0.05, 0.1) is 5.39 Å². The van der Waals surface area contributed by atoms with E-state index in [9.17, 15) is 0 Å². The first-order valence-corrected chi connectivity index (χ1v) is 16.4. The maximum atomic E-state index is 6.13. The van der Waals surface area contributed by atoms with Crippen molar-refractivity contribution in [3.63, 3.8) is 0 Å². The molecule has 1 saturated carbocycles. The smallest absolute Gasteiger partial charge is 0.144 e. The van der Waals surface area contributed by atoms with Gasteiger partial charge in [0, 0.05) is 81.5 Å². The lowest BCUT2D eigenvalue weighted by molar-refractivity contribution is 0.0899. The highest BCUT2D eigenvalue weighted by molar-refractivity contribution is 6.76. The summed E-state index contributed by atoms with van der Waals surface area (Å²) in [5, 5.41) is 1.18. The Hall–Kier alpha value is -2.29. The van der Waals surface area contributed by atoms with Gasteiger partial charge in [0.15, 0.2) is 0 Å². The number of hydrogen-bond acceptors (Lipinski definition) is 6. The van der Waals surface area contributed by atoms with E-state index < -0.39 is 8.07 Å². The summed E-state index contributed by atoms with van der Waals surface area (Å²) in [6, 6.07) is 4.74. The summed E-state index contributed by atoms with van der Waals surface area (Å²) in [5.74, 6) is 0. The van der Waals surface area contributed by atoms with Gasteiger partial charge in [-0.05, 0) is 44.8 Å². The Kier molecular flexibility index (Phi) is 6.73. The number of fused-ring (bicyclic) bond motifs is 1. The summed E-state index contributed by atoms with van der Waals surface area (Å²) >= 11 is 0. The lowest BCUT2D eigenvalue weighted by atomic mass is 10.0. The minimum Gasteiger partial charge on any atom is -0.369 e. The average molecular weight is 479 g/mol. The van der Waals surface area contributed by atoms with E-state index in [1.807, 2.05) is 18.6 Å². The molecule has 1 aliphatic heterocycles. The molecule has 0 N–H and O–H groups in total. The first-order chi connectivity index (χ1) is 16.4. The van der Waals surface area contributed by atoms with Gasteiger partial charge < -0.3 is 14.2 Å². The Morgan fingerprint density at radius 3 is 2.65 bits per heavy atom. The number of piperidine rings is 1. The molecule has 7 nitrogen and oxygen atoms in total. The van der Waals surface area contributed by atoms with Gasteiger partial charge in [-0.25, -0.2) is 15.0 Å². The fourth-order valence-corrected chi connectivity index (χ4v) is 5.80. The highest BCUT2D eigenvalue weighted by Crippen LogP contribution is 2.38. The van der Waals surface area contributed by atoms with Crippen LogP contribution in [0.15, 0.2) is 37.2 Å². The van der Waals surface area contributed by atoms with Gasteiger partial charge in [-0.3, -0.25) is 4.90 Å². The zero-order valence-corrected chi connectivity index (χ0v) is 22.1. The second-order valence-corrected chi connectivity index (χ2v) is 16.8. The Bertz CT molecular complexity index is 1110. The van der Waals surface area contributed by atoms with E-state index in [4.69, 9.17) is 9.72 Å². The zero-order valence-electron chi connectivity index (χ0n) is 21.1. The number of rotatable bonds is 9. The number of pyridine rings is 1. The number of nitrogens with zero attached hydrogens (tertiary/aromatic N) is 6. The maximum Gasteiger partial charge on any atom is 0.144 e. The van der Waals surface area contributed by atoms with E-state index in [1.165, 1.54) is 36.8 Å². The van der Waals surface area contributed by atoms with Crippen molar-refractivity contribution in [2.75, 3.05) is 31.6 Å². The Morgan fingerprint density at radius 1 is 1.12 bits per heavy atom. The summed E-state index contributed by atoms with van der Waals surface area (Å²) in [6.07, 6.45) is 14.7. The number of ether oxygens (including phenoxy) is 1. The standard InChI is InChI=1S/C26H38N6OSi/c1-30(21-7-8-21)22-6-5-11-31(16-22)24-9-10-29-26-25(24)23(20-14-27-18-28-15-20)17-32(26)19-33-12-13-34(2,3)4/h9-10,14-15,17-18,21-22H,5-8,11-13,16,19H2,1-4H3/t22-/m0/s1. The van der Waals surface area contributed by atoms with Gasteiger partial charge in [-0.15, -0.1) is 0 Å². The lowest BCUT2D eigenvalue weighted by Crippen LogP contribution is -2.47. The van der Waals surface area contributed by atoms with Crippen LogP contribution < -0.4 is 4.90 Å². The summed E-state index contributed by atoms with van der Waals surface area (Å²) < 4.78 is 8.28. The molecule has 0 bridgehead atoms. The van der Waals surface area contributed by atoms with Crippen molar-refractivity contribution >= 4 is 24.8 Å². The van der Waals surface area contributed by atoms with E-state index >= 15 is 0 Å². The van der Waals surface area contributed by atoms with Crippen LogP contribution in [-0.4, -0.2) is 71.3 Å². The molecule has 1 aliphatic carbocycles. The number of hydrogen-bond donors (Lipinski definition) is 0. The third kappa shape index (κ3) is 5.19. The van der Waals surface area contributed by atoms with E-state index in [2.05, 4.69) is 63.3 Å². The topological polar surface area (TPSA) is 59.3 Å². The SMILES string of the molecule is CN(C1CC1)[C@H]1CCCN(c2ccnc3c2c(-c2cncnc2)cn3COCC[Si](C)(C)C)C1. The van der Waals surface area contributed by atoms with Gasteiger partial charge in [0.25, 0.3) is 0 Å². The summed E-state index contributed by atoms with van der Waals surface area (Å²) in [7, 11) is 1.19. The van der Waals surface area contributed by atoms with E-state index in [-0.39, 0.29) is 0 Å². The van der Waals surface area contributed by atoms with E-state index in [0.29, 0.717) is 12.8 Å². The van der Waals surface area contributed by atoms with Crippen molar-refractivity contribution in [3.05, 3.63) is 37.2 Å². The number of anilines is 1. The molecule has 3 aromatic heterocycles. The first-order valence-electron chi connectivity index (χ1n) is 12.7. The third-order valence-corrected chi connectivity index (χ3v) is 8.97. The van der Waals surface area contributed by atoms with E-state index in [0.717, 1.165) is 48.6 Å². The van der Waals surface area contributed by atoms with Gasteiger partial charge in [0.2, 0.25) is 0 Å². The van der Waals surface area contributed by atoms with Crippen molar-refractivity contribution in [2.24, 2.45) is 0 Å². The predicted octanol–water partition coefficient (Wildman–Crippen LogP) is 4.87. The van der Waals surface area contributed by atoms with Gasteiger partial charge in [-0.1, -0.05) is 19.6 Å². The normalized spacial score (nSPS) is 19.3. The van der Waals surface area contributed by atoms with Crippen LogP contribution in [0, 0.1) is 0 Å². The van der Waals surface area contributed by atoms with Gasteiger partial charge in [-0.2, -0.15) is 0 Å². The largest absolute Gasteiger partial charge is 0.369 e. The molecule has 0 amide bonds. The Labute approximate surface area is 204 Å². The number of aromatic nitrogens is 4. The molecule has 0 unspecified atom stereocenters. The van der Waals surface area contributed by atoms with Crippen molar-refractivity contribution in [1.29, 1.82) is 0 Å². The molecule has 1 atom stereocenters. The van der Waals surface area contributed by atoms with Crippen molar-refractivity contribution in [2.45, 2.75) is 70.2 Å². The van der Waals surface area contributed by atoms with Crippen LogP contribution in [-0.2, 0) is 11.5 Å². The molecular formula is C26H38N6OSi. The molecule has 2 aliphatic rings.